The number of pyridine rings is 1. The predicted molar refractivity (Wildman–Crippen MR) is 97.8 cm³/mol. The first-order valence-electron chi connectivity index (χ1n) is 7.74. The lowest BCUT2D eigenvalue weighted by Crippen LogP contribution is -2.29. The second kappa shape index (κ2) is 8.99. The van der Waals surface area contributed by atoms with E-state index in [1.807, 2.05) is 36.4 Å². The van der Waals surface area contributed by atoms with Crippen LogP contribution in [0.5, 0.6) is 0 Å². The minimum atomic E-state index is -0.387. The van der Waals surface area contributed by atoms with Crippen LogP contribution in [0, 0.1) is 11.3 Å². The molecular formula is C19H18BrN3O. The third-order valence-corrected chi connectivity index (χ3v) is 3.92. The minimum Gasteiger partial charge on any atom is -0.345 e. The molecule has 0 spiro atoms. The van der Waals surface area contributed by atoms with Gasteiger partial charge in [0, 0.05) is 0 Å². The van der Waals surface area contributed by atoms with Crippen LogP contribution in [0.2, 0.25) is 0 Å². The van der Waals surface area contributed by atoms with E-state index in [1.54, 1.807) is 18.2 Å². The van der Waals surface area contributed by atoms with Gasteiger partial charge in [0.05, 0.1) is 11.7 Å². The van der Waals surface area contributed by atoms with E-state index in [2.05, 4.69) is 33.2 Å². The first-order chi connectivity index (χ1) is 11.6. The molecule has 4 nitrogen and oxygen atoms in total. The zero-order valence-electron chi connectivity index (χ0n) is 13.4. The van der Waals surface area contributed by atoms with Crippen molar-refractivity contribution in [3.05, 3.63) is 70.0 Å². The van der Waals surface area contributed by atoms with E-state index in [0.717, 1.165) is 18.4 Å². The van der Waals surface area contributed by atoms with Crippen molar-refractivity contribution in [2.45, 2.75) is 25.8 Å². The molecule has 0 unspecified atom stereocenters. The highest BCUT2D eigenvalue weighted by Gasteiger charge is 2.16. The molecule has 0 aliphatic rings. The molecule has 0 saturated carbocycles. The highest BCUT2D eigenvalue weighted by molar-refractivity contribution is 9.10. The van der Waals surface area contributed by atoms with Gasteiger partial charge in [0.15, 0.2) is 0 Å². The van der Waals surface area contributed by atoms with Crippen LogP contribution in [-0.4, -0.2) is 10.9 Å². The zero-order valence-corrected chi connectivity index (χ0v) is 15.0. The van der Waals surface area contributed by atoms with Crippen LogP contribution in [0.3, 0.4) is 0 Å². The molecule has 1 amide bonds. The molecule has 2 aromatic rings. The Kier molecular flexibility index (Phi) is 6.71. The second-order valence-electron chi connectivity index (χ2n) is 5.28. The van der Waals surface area contributed by atoms with E-state index in [1.165, 1.54) is 6.08 Å². The Balaban J connectivity index is 2.20. The maximum absolute atomic E-state index is 12.5. The van der Waals surface area contributed by atoms with Gasteiger partial charge in [-0.2, -0.15) is 5.26 Å². The van der Waals surface area contributed by atoms with Gasteiger partial charge in [0.2, 0.25) is 0 Å². The molecule has 5 heteroatoms. The molecule has 0 radical (unpaired) electrons. The molecule has 0 saturated heterocycles. The van der Waals surface area contributed by atoms with Gasteiger partial charge in [-0.05, 0) is 46.1 Å². The van der Waals surface area contributed by atoms with Crippen molar-refractivity contribution >= 4 is 27.9 Å². The lowest BCUT2D eigenvalue weighted by atomic mass is 10.0. The number of aromatic nitrogens is 1. The van der Waals surface area contributed by atoms with Crippen molar-refractivity contribution in [1.29, 1.82) is 5.26 Å². The maximum Gasteiger partial charge on any atom is 0.262 e. The van der Waals surface area contributed by atoms with Crippen molar-refractivity contribution in [2.75, 3.05) is 0 Å². The van der Waals surface area contributed by atoms with Crippen LogP contribution in [0.15, 0.2) is 58.7 Å². The maximum atomic E-state index is 12.5. The Morgan fingerprint density at radius 1 is 1.29 bits per heavy atom. The van der Waals surface area contributed by atoms with E-state index in [4.69, 9.17) is 0 Å². The summed E-state index contributed by atoms with van der Waals surface area (Å²) in [7, 11) is 0. The average Bonchev–Trinajstić information content (AvgIpc) is 2.60. The SMILES string of the molecule is CCC[C@H](NC(=O)/C(C#N)=C\c1cccc(Br)n1)c1ccccc1. The molecule has 1 aromatic heterocycles. The highest BCUT2D eigenvalue weighted by atomic mass is 79.9. The van der Waals surface area contributed by atoms with Crippen molar-refractivity contribution in [3.63, 3.8) is 0 Å². The largest absolute Gasteiger partial charge is 0.345 e. The molecule has 0 aliphatic carbocycles. The zero-order chi connectivity index (χ0) is 17.4. The van der Waals surface area contributed by atoms with Gasteiger partial charge in [-0.1, -0.05) is 49.7 Å². The van der Waals surface area contributed by atoms with Gasteiger partial charge in [0.25, 0.3) is 5.91 Å². The first-order valence-corrected chi connectivity index (χ1v) is 8.53. The number of carbonyl (C=O) groups excluding carboxylic acids is 1. The van der Waals surface area contributed by atoms with Crippen molar-refractivity contribution in [3.8, 4) is 6.07 Å². The molecule has 122 valence electrons. The number of nitrogens with one attached hydrogen (secondary N) is 1. The summed E-state index contributed by atoms with van der Waals surface area (Å²) in [5.74, 6) is -0.387. The summed E-state index contributed by atoms with van der Waals surface area (Å²) in [5, 5.41) is 12.3. The molecule has 24 heavy (non-hydrogen) atoms. The van der Waals surface area contributed by atoms with E-state index in [-0.39, 0.29) is 17.5 Å². The Hall–Kier alpha value is -2.45. The van der Waals surface area contributed by atoms with Gasteiger partial charge < -0.3 is 5.32 Å². The smallest absolute Gasteiger partial charge is 0.262 e. The number of hydrogen-bond donors (Lipinski definition) is 1. The van der Waals surface area contributed by atoms with Gasteiger partial charge >= 0.3 is 0 Å². The number of amides is 1. The topological polar surface area (TPSA) is 65.8 Å². The monoisotopic (exact) mass is 383 g/mol. The Morgan fingerprint density at radius 2 is 2.04 bits per heavy atom. The number of halogens is 1. The van der Waals surface area contributed by atoms with Gasteiger partial charge in [-0.15, -0.1) is 0 Å². The van der Waals surface area contributed by atoms with Gasteiger partial charge in [-0.25, -0.2) is 4.98 Å². The number of rotatable bonds is 6. The summed E-state index contributed by atoms with van der Waals surface area (Å²) in [6, 6.07) is 17.0. The first kappa shape index (κ1) is 17.9. The fourth-order valence-electron chi connectivity index (χ4n) is 2.33. The average molecular weight is 384 g/mol. The fourth-order valence-corrected chi connectivity index (χ4v) is 2.69. The molecule has 1 atom stereocenters. The summed E-state index contributed by atoms with van der Waals surface area (Å²) >= 11 is 3.28. The molecule has 1 aromatic carbocycles. The van der Waals surface area contributed by atoms with Crippen LogP contribution < -0.4 is 5.32 Å². The summed E-state index contributed by atoms with van der Waals surface area (Å²) in [5.41, 5.74) is 1.63. The van der Waals surface area contributed by atoms with Crippen LogP contribution >= 0.6 is 15.9 Å². The van der Waals surface area contributed by atoms with Crippen LogP contribution in [-0.2, 0) is 4.79 Å². The molecule has 0 fully saturated rings. The fraction of sp³-hybridized carbons (Fsp3) is 0.211. The van der Waals surface area contributed by atoms with E-state index >= 15 is 0 Å². The second-order valence-corrected chi connectivity index (χ2v) is 6.09. The van der Waals surface area contributed by atoms with E-state index in [0.29, 0.717) is 10.3 Å². The van der Waals surface area contributed by atoms with Crippen molar-refractivity contribution < 1.29 is 4.79 Å². The molecule has 1 heterocycles. The normalized spacial score (nSPS) is 12.3. The Morgan fingerprint density at radius 3 is 2.67 bits per heavy atom. The third-order valence-electron chi connectivity index (χ3n) is 3.48. The number of hydrogen-bond acceptors (Lipinski definition) is 3. The molecule has 0 aliphatic heterocycles. The van der Waals surface area contributed by atoms with Gasteiger partial charge in [-0.3, -0.25) is 4.79 Å². The number of carbonyl (C=O) groups is 1. The standard InChI is InChI=1S/C19H18BrN3O/c1-2-7-17(14-8-4-3-5-9-14)23-19(24)15(13-21)12-16-10-6-11-18(20)22-16/h3-6,8-12,17H,2,7H2,1H3,(H,23,24)/b15-12-/t17-/m0/s1. The summed E-state index contributed by atoms with van der Waals surface area (Å²) in [6.07, 6.45) is 3.23. The quantitative estimate of drug-likeness (QED) is 0.456. The summed E-state index contributed by atoms with van der Waals surface area (Å²) < 4.78 is 0.655. The van der Waals surface area contributed by atoms with Gasteiger partial charge in [0.1, 0.15) is 16.2 Å². The Bertz CT molecular complexity index is 766. The number of nitrogens with zero attached hydrogens (tertiary/aromatic N) is 2. The lowest BCUT2D eigenvalue weighted by Gasteiger charge is -2.18. The van der Waals surface area contributed by atoms with Crippen molar-refractivity contribution in [2.24, 2.45) is 0 Å². The van der Waals surface area contributed by atoms with E-state index < -0.39 is 0 Å². The third kappa shape index (κ3) is 5.04. The van der Waals surface area contributed by atoms with E-state index in [9.17, 15) is 10.1 Å². The van der Waals surface area contributed by atoms with Crippen molar-refractivity contribution in [1.82, 2.24) is 10.3 Å². The predicted octanol–water partition coefficient (Wildman–Crippen LogP) is 4.41. The van der Waals surface area contributed by atoms with Crippen LogP contribution in [0.25, 0.3) is 6.08 Å². The highest BCUT2D eigenvalue weighted by Crippen LogP contribution is 2.19. The van der Waals surface area contributed by atoms with Crippen LogP contribution in [0.1, 0.15) is 37.1 Å². The van der Waals surface area contributed by atoms with Crippen LogP contribution in [0.4, 0.5) is 0 Å². The minimum absolute atomic E-state index is 0.0395. The summed E-state index contributed by atoms with van der Waals surface area (Å²) in [6.45, 7) is 2.06. The number of nitriles is 1. The molecule has 0 bridgehead atoms. The molecule has 1 N–H and O–H groups in total. The summed E-state index contributed by atoms with van der Waals surface area (Å²) in [4.78, 5) is 16.7. The lowest BCUT2D eigenvalue weighted by molar-refractivity contribution is -0.117. The molecule has 2 rings (SSSR count). The Labute approximate surface area is 150 Å². The molecular weight excluding hydrogens is 366 g/mol. The number of benzene rings is 1.